The van der Waals surface area contributed by atoms with Crippen molar-refractivity contribution in [3.63, 3.8) is 0 Å². The maximum Gasteiger partial charge on any atom is 0.358 e. The molecule has 0 aliphatic rings. The van der Waals surface area contributed by atoms with E-state index in [4.69, 9.17) is 9.47 Å². The Morgan fingerprint density at radius 3 is 2.88 bits per heavy atom. The molecule has 0 unspecified atom stereocenters. The van der Waals surface area contributed by atoms with Crippen LogP contribution in [0, 0.1) is 6.92 Å². The summed E-state index contributed by atoms with van der Waals surface area (Å²) in [5.41, 5.74) is 1.80. The lowest BCUT2D eigenvalue weighted by molar-refractivity contribution is 0.0519. The van der Waals surface area contributed by atoms with Crippen LogP contribution in [-0.4, -0.2) is 29.1 Å². The predicted molar refractivity (Wildman–Crippen MR) is 62.4 cm³/mol. The Bertz CT molecular complexity index is 560. The number of aromatic nitrogens is 2. The Balaban J connectivity index is 2.53. The molecular formula is C12H14N2O3. The van der Waals surface area contributed by atoms with Crippen LogP contribution in [0.1, 0.15) is 23.1 Å². The SMILES string of the molecule is CCOC(=O)c1nc2ccc(OC)cn2c1C. The second-order valence-corrected chi connectivity index (χ2v) is 3.56. The molecule has 0 atom stereocenters. The van der Waals surface area contributed by atoms with E-state index >= 15 is 0 Å². The molecule has 2 aromatic rings. The molecule has 17 heavy (non-hydrogen) atoms. The van der Waals surface area contributed by atoms with Crippen molar-refractivity contribution in [2.75, 3.05) is 13.7 Å². The Labute approximate surface area is 99.0 Å². The van der Waals surface area contributed by atoms with Crippen molar-refractivity contribution in [1.29, 1.82) is 0 Å². The standard InChI is InChI=1S/C12H14N2O3/c1-4-17-12(15)11-8(2)14-7-9(16-3)5-6-10(14)13-11/h5-7H,4H2,1-3H3. The van der Waals surface area contributed by atoms with Gasteiger partial charge in [0.1, 0.15) is 11.4 Å². The third-order valence-corrected chi connectivity index (χ3v) is 2.53. The number of hydrogen-bond donors (Lipinski definition) is 0. The fourth-order valence-electron chi connectivity index (χ4n) is 1.66. The smallest absolute Gasteiger partial charge is 0.358 e. The van der Waals surface area contributed by atoms with Gasteiger partial charge in [-0.3, -0.25) is 4.40 Å². The van der Waals surface area contributed by atoms with E-state index in [1.54, 1.807) is 32.4 Å². The third kappa shape index (κ3) is 1.95. The molecule has 0 spiro atoms. The number of methoxy groups -OCH3 is 1. The van der Waals surface area contributed by atoms with Crippen LogP contribution in [0.5, 0.6) is 5.75 Å². The van der Waals surface area contributed by atoms with Gasteiger partial charge in [0.15, 0.2) is 5.69 Å². The predicted octanol–water partition coefficient (Wildman–Crippen LogP) is 1.83. The summed E-state index contributed by atoms with van der Waals surface area (Å²) < 4.78 is 11.9. The fourth-order valence-corrected chi connectivity index (χ4v) is 1.66. The maximum atomic E-state index is 11.7. The van der Waals surface area contributed by atoms with Crippen molar-refractivity contribution in [1.82, 2.24) is 9.38 Å². The molecule has 0 aromatic carbocycles. The molecule has 0 aliphatic heterocycles. The van der Waals surface area contributed by atoms with Gasteiger partial charge < -0.3 is 9.47 Å². The monoisotopic (exact) mass is 234 g/mol. The first-order chi connectivity index (χ1) is 8.17. The van der Waals surface area contributed by atoms with Gasteiger partial charge in [0.25, 0.3) is 0 Å². The minimum atomic E-state index is -0.396. The Morgan fingerprint density at radius 2 is 2.24 bits per heavy atom. The van der Waals surface area contributed by atoms with Crippen molar-refractivity contribution in [2.24, 2.45) is 0 Å². The van der Waals surface area contributed by atoms with Crippen LogP contribution in [0.3, 0.4) is 0 Å². The van der Waals surface area contributed by atoms with Gasteiger partial charge in [-0.2, -0.15) is 0 Å². The summed E-state index contributed by atoms with van der Waals surface area (Å²) in [6.45, 7) is 3.94. The molecule has 2 heterocycles. The van der Waals surface area contributed by atoms with Gasteiger partial charge in [-0.05, 0) is 26.0 Å². The number of rotatable bonds is 3. The molecule has 0 saturated heterocycles. The minimum absolute atomic E-state index is 0.343. The molecule has 90 valence electrons. The van der Waals surface area contributed by atoms with Crippen molar-refractivity contribution >= 4 is 11.6 Å². The van der Waals surface area contributed by atoms with E-state index in [9.17, 15) is 4.79 Å². The summed E-state index contributed by atoms with van der Waals surface area (Å²) >= 11 is 0. The van der Waals surface area contributed by atoms with E-state index in [0.29, 0.717) is 23.7 Å². The molecule has 2 aromatic heterocycles. The first-order valence-electron chi connectivity index (χ1n) is 5.37. The van der Waals surface area contributed by atoms with Crippen LogP contribution in [0.25, 0.3) is 5.65 Å². The lowest BCUT2D eigenvalue weighted by Gasteiger charge is -2.01. The number of carbonyl (C=O) groups excluding carboxylic acids is 1. The Kier molecular flexibility index (Phi) is 2.99. The van der Waals surface area contributed by atoms with Crippen molar-refractivity contribution < 1.29 is 14.3 Å². The number of imidazole rings is 1. The molecule has 5 nitrogen and oxygen atoms in total. The van der Waals surface area contributed by atoms with Gasteiger partial charge >= 0.3 is 5.97 Å². The minimum Gasteiger partial charge on any atom is -0.495 e. The molecule has 2 rings (SSSR count). The molecule has 5 heteroatoms. The van der Waals surface area contributed by atoms with Gasteiger partial charge in [-0.15, -0.1) is 0 Å². The highest BCUT2D eigenvalue weighted by molar-refractivity contribution is 5.89. The number of pyridine rings is 1. The van der Waals surface area contributed by atoms with Crippen LogP contribution in [0.4, 0.5) is 0 Å². The molecule has 0 aliphatic carbocycles. The Hall–Kier alpha value is -2.04. The molecule has 0 saturated carbocycles. The summed E-state index contributed by atoms with van der Waals surface area (Å²) in [7, 11) is 1.60. The zero-order valence-corrected chi connectivity index (χ0v) is 10.1. The highest BCUT2D eigenvalue weighted by Crippen LogP contribution is 2.17. The highest BCUT2D eigenvalue weighted by atomic mass is 16.5. The zero-order valence-electron chi connectivity index (χ0n) is 10.1. The number of fused-ring (bicyclic) bond motifs is 1. The Morgan fingerprint density at radius 1 is 1.47 bits per heavy atom. The summed E-state index contributed by atoms with van der Waals surface area (Å²) in [5.74, 6) is 0.320. The van der Waals surface area contributed by atoms with Gasteiger partial charge in [-0.25, -0.2) is 9.78 Å². The van der Waals surface area contributed by atoms with Crippen molar-refractivity contribution in [3.05, 3.63) is 29.7 Å². The summed E-state index contributed by atoms with van der Waals surface area (Å²) in [6.07, 6.45) is 1.79. The number of esters is 1. The van der Waals surface area contributed by atoms with Gasteiger partial charge in [0.2, 0.25) is 0 Å². The lowest BCUT2D eigenvalue weighted by atomic mass is 10.3. The molecule has 0 N–H and O–H groups in total. The second kappa shape index (κ2) is 4.45. The normalized spacial score (nSPS) is 10.5. The van der Waals surface area contributed by atoms with Crippen molar-refractivity contribution in [3.8, 4) is 5.75 Å². The average Bonchev–Trinajstić information content (AvgIpc) is 2.67. The summed E-state index contributed by atoms with van der Waals surface area (Å²) in [6, 6.07) is 3.60. The van der Waals surface area contributed by atoms with Crippen LogP contribution in [0.15, 0.2) is 18.3 Å². The molecule has 0 amide bonds. The third-order valence-electron chi connectivity index (χ3n) is 2.53. The first-order valence-corrected chi connectivity index (χ1v) is 5.37. The van der Waals surface area contributed by atoms with Gasteiger partial charge in [0.05, 0.1) is 25.6 Å². The van der Waals surface area contributed by atoms with Crippen LogP contribution in [0.2, 0.25) is 0 Å². The summed E-state index contributed by atoms with van der Waals surface area (Å²) in [5, 5.41) is 0. The molecular weight excluding hydrogens is 220 g/mol. The van der Waals surface area contributed by atoms with E-state index in [1.165, 1.54) is 0 Å². The van der Waals surface area contributed by atoms with E-state index in [-0.39, 0.29) is 0 Å². The van der Waals surface area contributed by atoms with Crippen LogP contribution < -0.4 is 4.74 Å². The fraction of sp³-hybridized carbons (Fsp3) is 0.333. The lowest BCUT2D eigenvalue weighted by Crippen LogP contribution is -2.06. The molecule has 0 radical (unpaired) electrons. The molecule has 0 fully saturated rings. The largest absolute Gasteiger partial charge is 0.495 e. The van der Waals surface area contributed by atoms with Gasteiger partial charge in [0, 0.05) is 0 Å². The number of nitrogens with zero attached hydrogens (tertiary/aromatic N) is 2. The van der Waals surface area contributed by atoms with Crippen LogP contribution >= 0.6 is 0 Å². The zero-order chi connectivity index (χ0) is 12.4. The number of carbonyl (C=O) groups is 1. The maximum absolute atomic E-state index is 11.7. The quantitative estimate of drug-likeness (QED) is 0.760. The number of hydrogen-bond acceptors (Lipinski definition) is 4. The number of ether oxygens (including phenoxy) is 2. The van der Waals surface area contributed by atoms with Gasteiger partial charge in [-0.1, -0.05) is 0 Å². The van der Waals surface area contributed by atoms with Crippen molar-refractivity contribution in [2.45, 2.75) is 13.8 Å². The topological polar surface area (TPSA) is 52.8 Å². The summed E-state index contributed by atoms with van der Waals surface area (Å²) in [4.78, 5) is 15.9. The van der Waals surface area contributed by atoms with E-state index in [0.717, 1.165) is 5.69 Å². The van der Waals surface area contributed by atoms with Crippen LogP contribution in [-0.2, 0) is 4.74 Å². The van der Waals surface area contributed by atoms with E-state index < -0.39 is 5.97 Å². The van der Waals surface area contributed by atoms with E-state index in [2.05, 4.69) is 4.98 Å². The second-order valence-electron chi connectivity index (χ2n) is 3.56. The first kappa shape index (κ1) is 11.4. The average molecular weight is 234 g/mol. The highest BCUT2D eigenvalue weighted by Gasteiger charge is 2.16. The number of aryl methyl sites for hydroxylation is 1. The van der Waals surface area contributed by atoms with E-state index in [1.807, 2.05) is 11.3 Å². The molecule has 0 bridgehead atoms.